The Morgan fingerprint density at radius 2 is 1.97 bits per heavy atom. The highest BCUT2D eigenvalue weighted by Crippen LogP contribution is 2.30. The molecule has 0 saturated heterocycles. The number of nitrogens with zero attached hydrogens (tertiary/aromatic N) is 5. The number of fused-ring (bicyclic) bond motifs is 1. The fourth-order valence-corrected chi connectivity index (χ4v) is 3.23. The molecule has 0 unspecified atom stereocenters. The van der Waals surface area contributed by atoms with Gasteiger partial charge in [0.25, 0.3) is 5.91 Å². The van der Waals surface area contributed by atoms with Crippen LogP contribution in [-0.4, -0.2) is 44.2 Å². The van der Waals surface area contributed by atoms with E-state index in [1.165, 1.54) is 12.0 Å². The molecule has 4 rings (SSSR count). The van der Waals surface area contributed by atoms with E-state index in [1.54, 1.807) is 36.5 Å². The van der Waals surface area contributed by atoms with Gasteiger partial charge in [0.05, 0.1) is 19.2 Å². The third-order valence-corrected chi connectivity index (χ3v) is 4.73. The van der Waals surface area contributed by atoms with E-state index >= 15 is 0 Å². The predicted molar refractivity (Wildman–Crippen MR) is 103 cm³/mol. The zero-order valence-corrected chi connectivity index (χ0v) is 16.3. The number of carbonyl (C=O) groups is 1. The van der Waals surface area contributed by atoms with Gasteiger partial charge in [-0.2, -0.15) is 13.2 Å². The molecule has 2 aromatic heterocycles. The summed E-state index contributed by atoms with van der Waals surface area (Å²) in [4.78, 5) is 18.6. The Kier molecular flexibility index (Phi) is 5.33. The molecule has 0 radical (unpaired) electrons. The lowest BCUT2D eigenvalue weighted by Crippen LogP contribution is -2.39. The van der Waals surface area contributed by atoms with Crippen molar-refractivity contribution < 1.29 is 22.7 Å². The lowest BCUT2D eigenvalue weighted by molar-refractivity contribution is -0.147. The maximum absolute atomic E-state index is 13.0. The molecule has 0 spiro atoms. The van der Waals surface area contributed by atoms with Gasteiger partial charge in [-0.05, 0) is 36.3 Å². The Hall–Kier alpha value is -3.87. The van der Waals surface area contributed by atoms with E-state index in [-0.39, 0.29) is 31.4 Å². The van der Waals surface area contributed by atoms with E-state index in [4.69, 9.17) is 4.74 Å². The molecule has 31 heavy (non-hydrogen) atoms. The third kappa shape index (κ3) is 4.21. The van der Waals surface area contributed by atoms with Crippen LogP contribution in [0.2, 0.25) is 0 Å². The molecule has 0 saturated carbocycles. The third-order valence-electron chi connectivity index (χ3n) is 4.73. The van der Waals surface area contributed by atoms with Gasteiger partial charge in [0.15, 0.2) is 5.82 Å². The van der Waals surface area contributed by atoms with Crippen molar-refractivity contribution in [1.29, 1.82) is 0 Å². The van der Waals surface area contributed by atoms with Crippen LogP contribution in [0, 0.1) is 11.8 Å². The van der Waals surface area contributed by atoms with Crippen molar-refractivity contribution in [1.82, 2.24) is 24.6 Å². The number of rotatable bonds is 2. The molecule has 3 heterocycles. The molecule has 1 aromatic carbocycles. The zero-order valence-electron chi connectivity index (χ0n) is 16.3. The number of methoxy groups -OCH3 is 1. The van der Waals surface area contributed by atoms with Gasteiger partial charge in [-0.3, -0.25) is 4.79 Å². The number of benzene rings is 1. The summed E-state index contributed by atoms with van der Waals surface area (Å²) in [6.45, 7) is 0.00221. The average molecular weight is 427 g/mol. The number of ether oxygens (including phenoxy) is 1. The topological polar surface area (TPSA) is 73.1 Å². The second kappa shape index (κ2) is 8.10. The molecule has 0 fully saturated rings. The quantitative estimate of drug-likeness (QED) is 0.588. The minimum absolute atomic E-state index is 0.0363. The molecule has 0 bridgehead atoms. The van der Waals surface area contributed by atoms with Gasteiger partial charge in [-0.25, -0.2) is 4.98 Å². The van der Waals surface area contributed by atoms with Crippen LogP contribution in [0.4, 0.5) is 13.2 Å². The van der Waals surface area contributed by atoms with E-state index in [0.29, 0.717) is 22.6 Å². The Morgan fingerprint density at radius 1 is 1.13 bits per heavy atom. The fourth-order valence-electron chi connectivity index (χ4n) is 3.23. The molecule has 7 nitrogen and oxygen atoms in total. The lowest BCUT2D eigenvalue weighted by atomic mass is 10.1. The molecule has 0 N–H and O–H groups in total. The first kappa shape index (κ1) is 20.4. The van der Waals surface area contributed by atoms with E-state index < -0.39 is 12.0 Å². The molecule has 10 heteroatoms. The van der Waals surface area contributed by atoms with Crippen LogP contribution in [-0.2, 0) is 19.3 Å². The van der Waals surface area contributed by atoms with Gasteiger partial charge in [0.2, 0.25) is 5.82 Å². The minimum atomic E-state index is -4.59. The first-order valence-electron chi connectivity index (χ1n) is 9.26. The highest BCUT2D eigenvalue weighted by molar-refractivity contribution is 5.95. The largest absolute Gasteiger partial charge is 0.495 e. The van der Waals surface area contributed by atoms with Crippen molar-refractivity contribution in [2.45, 2.75) is 19.3 Å². The van der Waals surface area contributed by atoms with Crippen LogP contribution in [0.15, 0.2) is 42.6 Å². The maximum atomic E-state index is 13.0. The van der Waals surface area contributed by atoms with Crippen molar-refractivity contribution in [2.24, 2.45) is 0 Å². The first-order valence-corrected chi connectivity index (χ1v) is 9.26. The van der Waals surface area contributed by atoms with Gasteiger partial charge < -0.3 is 14.2 Å². The van der Waals surface area contributed by atoms with Crippen LogP contribution >= 0.6 is 0 Å². The summed E-state index contributed by atoms with van der Waals surface area (Å²) >= 11 is 0. The van der Waals surface area contributed by atoms with Gasteiger partial charge in [0.1, 0.15) is 11.4 Å². The number of pyridine rings is 1. The number of hydrogen-bond donors (Lipinski definition) is 0. The van der Waals surface area contributed by atoms with Crippen LogP contribution in [0.1, 0.15) is 33.3 Å². The second-order valence-electron chi connectivity index (χ2n) is 6.70. The summed E-state index contributed by atoms with van der Waals surface area (Å²) in [6, 6.07) is 10.2. The van der Waals surface area contributed by atoms with Crippen LogP contribution in [0.5, 0.6) is 5.75 Å². The number of alkyl halides is 3. The van der Waals surface area contributed by atoms with Crippen molar-refractivity contribution in [3.63, 3.8) is 0 Å². The average Bonchev–Trinajstić information content (AvgIpc) is 3.21. The second-order valence-corrected chi connectivity index (χ2v) is 6.70. The highest BCUT2D eigenvalue weighted by Gasteiger charge is 2.40. The van der Waals surface area contributed by atoms with Crippen LogP contribution in [0.3, 0.4) is 0 Å². The Balaban J connectivity index is 1.58. The predicted octanol–water partition coefficient (Wildman–Crippen LogP) is 2.76. The number of aromatic nitrogens is 4. The molecule has 1 amide bonds. The Morgan fingerprint density at radius 3 is 2.68 bits per heavy atom. The molecule has 0 aliphatic carbocycles. The molecule has 3 aromatic rings. The van der Waals surface area contributed by atoms with E-state index in [9.17, 15) is 18.0 Å². The normalized spacial score (nSPS) is 13.2. The molecule has 158 valence electrons. The smallest absolute Gasteiger partial charge is 0.451 e. The Labute approximate surface area is 175 Å². The first-order chi connectivity index (χ1) is 14.9. The summed E-state index contributed by atoms with van der Waals surface area (Å²) in [5.74, 6) is 5.07. The molecular formula is C21H16F3N5O2. The summed E-state index contributed by atoms with van der Waals surface area (Å²) < 4.78 is 45.3. The number of hydrogen-bond acceptors (Lipinski definition) is 5. The highest BCUT2D eigenvalue weighted by atomic mass is 19.4. The van der Waals surface area contributed by atoms with Gasteiger partial charge in [-0.15, -0.1) is 10.2 Å². The number of halogens is 3. The molecule has 1 aliphatic rings. The fraction of sp³-hybridized carbons (Fsp3) is 0.238. The number of carbonyl (C=O) groups excluding carboxylic acids is 1. The van der Waals surface area contributed by atoms with Crippen LogP contribution < -0.4 is 4.74 Å². The van der Waals surface area contributed by atoms with E-state index in [2.05, 4.69) is 27.0 Å². The van der Waals surface area contributed by atoms with Gasteiger partial charge >= 0.3 is 6.18 Å². The molecule has 0 atom stereocenters. The van der Waals surface area contributed by atoms with Gasteiger partial charge in [0, 0.05) is 24.8 Å². The monoisotopic (exact) mass is 427 g/mol. The van der Waals surface area contributed by atoms with E-state index in [1.807, 2.05) is 6.07 Å². The summed E-state index contributed by atoms with van der Waals surface area (Å²) in [6.07, 6.45) is -2.96. The lowest BCUT2D eigenvalue weighted by Gasteiger charge is -2.28. The van der Waals surface area contributed by atoms with Crippen molar-refractivity contribution in [2.75, 3.05) is 13.7 Å². The standard InChI is InChI=1S/C21H16F3N5O2/c1-31-17-8-6-15(12-14(17)5-7-16-4-2-3-9-25-16)19(30)28-10-11-29-18(13-28)26-27-20(29)21(22,23)24/h2-4,6,8-9,12H,10-11,13H2,1H3. The number of amides is 1. The van der Waals surface area contributed by atoms with Crippen molar-refractivity contribution >= 4 is 5.91 Å². The zero-order chi connectivity index (χ0) is 22.0. The van der Waals surface area contributed by atoms with E-state index in [0.717, 1.165) is 4.57 Å². The van der Waals surface area contributed by atoms with Crippen LogP contribution in [0.25, 0.3) is 0 Å². The molecular weight excluding hydrogens is 411 g/mol. The van der Waals surface area contributed by atoms with Gasteiger partial charge in [-0.1, -0.05) is 12.0 Å². The Bertz CT molecular complexity index is 1180. The summed E-state index contributed by atoms with van der Waals surface area (Å²) in [7, 11) is 1.50. The molecule has 1 aliphatic heterocycles. The minimum Gasteiger partial charge on any atom is -0.495 e. The maximum Gasteiger partial charge on any atom is 0.451 e. The SMILES string of the molecule is COc1ccc(C(=O)N2CCn3c(nnc3C(F)(F)F)C2)cc1C#Cc1ccccn1. The van der Waals surface area contributed by atoms with Crippen molar-refractivity contribution in [3.05, 3.63) is 71.1 Å². The van der Waals surface area contributed by atoms with Crippen molar-refractivity contribution in [3.8, 4) is 17.6 Å². The summed E-state index contributed by atoms with van der Waals surface area (Å²) in [5.41, 5.74) is 1.41. The summed E-state index contributed by atoms with van der Waals surface area (Å²) in [5, 5.41) is 6.84.